The molecular formula is C48H40N2O2. The fraction of sp³-hybridized carbons (Fsp3) is 0.208. The zero-order chi connectivity index (χ0) is 34.2. The number of hydrogen-bond acceptors (Lipinski definition) is 4. The number of benzene rings is 3. The maximum atomic E-state index is 6.53. The van der Waals surface area contributed by atoms with Gasteiger partial charge in [-0.25, -0.2) is 0 Å². The maximum absolute atomic E-state index is 6.53. The molecule has 0 saturated heterocycles. The number of nitrogens with zero attached hydrogens (tertiary/aromatic N) is 2. The first-order valence-corrected chi connectivity index (χ1v) is 19.0. The topological polar surface area (TPSA) is 32.8 Å². The maximum Gasteiger partial charge on any atom is 0.137 e. The van der Waals surface area contributed by atoms with Gasteiger partial charge in [-0.2, -0.15) is 0 Å². The molecule has 5 aliphatic carbocycles. The summed E-state index contributed by atoms with van der Waals surface area (Å²) in [6.45, 7) is 0. The molecule has 1 aliphatic heterocycles. The van der Waals surface area contributed by atoms with Crippen molar-refractivity contribution in [1.29, 1.82) is 0 Å². The van der Waals surface area contributed by atoms with Gasteiger partial charge in [-0.05, 0) is 98.2 Å². The van der Waals surface area contributed by atoms with Crippen molar-refractivity contribution >= 4 is 45.5 Å². The zero-order valence-electron chi connectivity index (χ0n) is 29.2. The minimum Gasteiger partial charge on any atom is -0.460 e. The Bertz CT molecular complexity index is 2530. The zero-order valence-corrected chi connectivity index (χ0v) is 29.2. The Morgan fingerprint density at radius 1 is 0.731 bits per heavy atom. The quantitative estimate of drug-likeness (QED) is 0.185. The van der Waals surface area contributed by atoms with E-state index in [0.717, 1.165) is 79.0 Å². The molecule has 0 N–H and O–H groups in total. The SMILES string of the molecule is C1=CC(N2C3=C(C=CC(c4ccccc4)C3)C3C=C(N(c4ccc5oc6c(c5c4)CCC=C6)c4cccc5oc6c(c45)C=CCC6)C=CC32)=CCC1. The van der Waals surface area contributed by atoms with Crippen molar-refractivity contribution < 1.29 is 8.83 Å². The first-order chi connectivity index (χ1) is 25.8. The van der Waals surface area contributed by atoms with Gasteiger partial charge < -0.3 is 18.6 Å². The first-order valence-electron chi connectivity index (χ1n) is 19.0. The van der Waals surface area contributed by atoms with Crippen LogP contribution in [-0.4, -0.2) is 10.9 Å². The van der Waals surface area contributed by atoms with Crippen LogP contribution in [0.1, 0.15) is 66.2 Å². The van der Waals surface area contributed by atoms with Crippen LogP contribution < -0.4 is 4.90 Å². The molecule has 254 valence electrons. The minimum atomic E-state index is 0.217. The van der Waals surface area contributed by atoms with E-state index in [0.29, 0.717) is 5.92 Å². The van der Waals surface area contributed by atoms with Crippen LogP contribution in [-0.2, 0) is 12.8 Å². The minimum absolute atomic E-state index is 0.217. The van der Waals surface area contributed by atoms with Crippen molar-refractivity contribution in [3.05, 3.63) is 178 Å². The molecule has 6 aliphatic rings. The largest absolute Gasteiger partial charge is 0.460 e. The van der Waals surface area contributed by atoms with E-state index >= 15 is 0 Å². The summed E-state index contributed by atoms with van der Waals surface area (Å²) in [7, 11) is 0. The van der Waals surface area contributed by atoms with Crippen molar-refractivity contribution in [1.82, 2.24) is 4.90 Å². The molecule has 11 rings (SSSR count). The van der Waals surface area contributed by atoms with Crippen molar-refractivity contribution in [3.63, 3.8) is 0 Å². The van der Waals surface area contributed by atoms with Crippen LogP contribution in [0.2, 0.25) is 0 Å². The van der Waals surface area contributed by atoms with E-state index < -0.39 is 0 Å². The summed E-state index contributed by atoms with van der Waals surface area (Å²) in [6, 6.07) is 24.5. The Hall–Kier alpha value is -5.74. The monoisotopic (exact) mass is 676 g/mol. The van der Waals surface area contributed by atoms with Gasteiger partial charge in [0.25, 0.3) is 0 Å². The number of furan rings is 2. The molecule has 52 heavy (non-hydrogen) atoms. The number of aryl methyl sites for hydroxylation is 2. The van der Waals surface area contributed by atoms with Gasteiger partial charge in [-0.15, -0.1) is 0 Å². The van der Waals surface area contributed by atoms with Crippen molar-refractivity contribution in [2.45, 2.75) is 56.9 Å². The Kier molecular flexibility index (Phi) is 6.86. The van der Waals surface area contributed by atoms with E-state index in [9.17, 15) is 0 Å². The van der Waals surface area contributed by atoms with E-state index in [2.05, 4.69) is 149 Å². The number of rotatable bonds is 5. The average molecular weight is 677 g/mol. The van der Waals surface area contributed by atoms with Crippen LogP contribution in [0, 0.1) is 5.92 Å². The van der Waals surface area contributed by atoms with Crippen molar-refractivity contribution in [2.75, 3.05) is 4.90 Å². The molecule has 5 aromatic rings. The lowest BCUT2D eigenvalue weighted by atomic mass is 9.83. The first kappa shape index (κ1) is 29.9. The highest BCUT2D eigenvalue weighted by Crippen LogP contribution is 2.50. The Balaban J connectivity index is 1.08. The normalized spacial score (nSPS) is 22.8. The lowest BCUT2D eigenvalue weighted by molar-refractivity contribution is 0.359. The highest BCUT2D eigenvalue weighted by molar-refractivity contribution is 6.02. The summed E-state index contributed by atoms with van der Waals surface area (Å²) in [5.74, 6) is 2.66. The predicted molar refractivity (Wildman–Crippen MR) is 212 cm³/mol. The van der Waals surface area contributed by atoms with Gasteiger partial charge >= 0.3 is 0 Å². The summed E-state index contributed by atoms with van der Waals surface area (Å²) < 4.78 is 12.9. The molecule has 3 aromatic carbocycles. The summed E-state index contributed by atoms with van der Waals surface area (Å²) in [5.41, 5.74) is 13.5. The molecule has 2 aromatic heterocycles. The van der Waals surface area contributed by atoms with Crippen LogP contribution >= 0.6 is 0 Å². The number of hydrogen-bond donors (Lipinski definition) is 0. The number of anilines is 2. The van der Waals surface area contributed by atoms with Crippen molar-refractivity contribution in [2.24, 2.45) is 5.92 Å². The molecule has 0 spiro atoms. The van der Waals surface area contributed by atoms with Gasteiger partial charge in [-0.3, -0.25) is 0 Å². The van der Waals surface area contributed by atoms with Crippen LogP contribution in [0.4, 0.5) is 11.4 Å². The summed E-state index contributed by atoms with van der Waals surface area (Å²) in [6.07, 6.45) is 35.5. The van der Waals surface area contributed by atoms with Crippen LogP contribution in [0.5, 0.6) is 0 Å². The number of allylic oxidation sites excluding steroid dienone is 9. The molecule has 0 fully saturated rings. The molecule has 3 atom stereocenters. The van der Waals surface area contributed by atoms with Crippen LogP contribution in [0.3, 0.4) is 0 Å². The van der Waals surface area contributed by atoms with E-state index in [4.69, 9.17) is 8.83 Å². The fourth-order valence-electron chi connectivity index (χ4n) is 9.49. The average Bonchev–Trinajstić information content (AvgIpc) is 3.88. The molecule has 0 amide bonds. The molecule has 0 radical (unpaired) electrons. The lowest BCUT2D eigenvalue weighted by Gasteiger charge is -2.36. The molecule has 4 nitrogen and oxygen atoms in total. The Morgan fingerprint density at radius 3 is 2.56 bits per heavy atom. The third kappa shape index (κ3) is 4.66. The lowest BCUT2D eigenvalue weighted by Crippen LogP contribution is -2.34. The van der Waals surface area contributed by atoms with E-state index in [1.165, 1.54) is 50.1 Å². The molecule has 3 heterocycles. The van der Waals surface area contributed by atoms with Gasteiger partial charge in [0, 0.05) is 57.5 Å². The van der Waals surface area contributed by atoms with Gasteiger partial charge in [0.1, 0.15) is 22.7 Å². The smallest absolute Gasteiger partial charge is 0.137 e. The molecule has 3 unspecified atom stereocenters. The van der Waals surface area contributed by atoms with Gasteiger partial charge in [-0.1, -0.05) is 91.1 Å². The van der Waals surface area contributed by atoms with E-state index in [1.807, 2.05) is 0 Å². The highest BCUT2D eigenvalue weighted by atomic mass is 16.3. The molecule has 0 bridgehead atoms. The van der Waals surface area contributed by atoms with Crippen LogP contribution in [0.25, 0.3) is 34.1 Å². The van der Waals surface area contributed by atoms with E-state index in [1.54, 1.807) is 0 Å². The highest BCUT2D eigenvalue weighted by Gasteiger charge is 2.42. The van der Waals surface area contributed by atoms with Gasteiger partial charge in [0.15, 0.2) is 0 Å². The van der Waals surface area contributed by atoms with Crippen LogP contribution in [0.15, 0.2) is 159 Å². The summed E-state index contributed by atoms with van der Waals surface area (Å²) in [5, 5.41) is 2.38. The van der Waals surface area contributed by atoms with Gasteiger partial charge in [0.2, 0.25) is 0 Å². The summed E-state index contributed by atoms with van der Waals surface area (Å²) in [4.78, 5) is 5.13. The second-order valence-corrected chi connectivity index (χ2v) is 14.9. The second-order valence-electron chi connectivity index (χ2n) is 14.9. The third-order valence-electron chi connectivity index (χ3n) is 11.9. The Labute approximate surface area is 304 Å². The standard InChI is InChI=1S/C48H40N2O2/c1-3-12-31(13-4-1)32-22-25-36-39-29-34(23-26-41(39)50(43(36)28-32)33-14-5-2-6-15-33)49(35-24-27-46-40(30-35)37-16-7-9-19-44(37)51-46)42-18-11-21-47-48(42)38-17-8-10-20-45(38)52-47/h1,3-5,8-9,11-15,17-19,21-27,29-30,32,39,41H,2,6-7,10,16,20,28H2. The molecular weight excluding hydrogens is 637 g/mol. The third-order valence-corrected chi connectivity index (χ3v) is 11.9. The number of fused-ring (bicyclic) bond motifs is 8. The fourth-order valence-corrected chi connectivity index (χ4v) is 9.49. The predicted octanol–water partition coefficient (Wildman–Crippen LogP) is 12.2. The van der Waals surface area contributed by atoms with Crippen molar-refractivity contribution in [3.8, 4) is 0 Å². The van der Waals surface area contributed by atoms with Gasteiger partial charge in [0.05, 0.1) is 17.1 Å². The summed E-state index contributed by atoms with van der Waals surface area (Å²) >= 11 is 0. The van der Waals surface area contributed by atoms with E-state index in [-0.39, 0.29) is 12.0 Å². The Morgan fingerprint density at radius 2 is 1.63 bits per heavy atom. The molecule has 0 saturated carbocycles. The molecule has 4 heteroatoms. The second kappa shape index (κ2) is 11.9.